The molecule has 2 heteroatoms. The molecule has 1 rings (SSSR count). The van der Waals surface area contributed by atoms with Crippen molar-refractivity contribution in [2.24, 2.45) is 7.05 Å². The minimum atomic E-state index is 1.06. The van der Waals surface area contributed by atoms with Crippen LogP contribution in [0.1, 0.15) is 45.9 Å². The van der Waals surface area contributed by atoms with E-state index in [1.165, 1.54) is 5.56 Å². The van der Waals surface area contributed by atoms with Crippen LogP contribution in [-0.2, 0) is 7.05 Å². The molecule has 0 atom stereocenters. The monoisotopic (exact) mass is 196 g/mol. The molecule has 0 radical (unpaired) electrons. The van der Waals surface area contributed by atoms with E-state index in [0.717, 1.165) is 5.69 Å². The zero-order valence-corrected chi connectivity index (χ0v) is 10.6. The van der Waals surface area contributed by atoms with Crippen LogP contribution in [0.4, 0.5) is 0 Å². The third-order valence-corrected chi connectivity index (χ3v) is 1.37. The Morgan fingerprint density at radius 3 is 2.00 bits per heavy atom. The molecular weight excluding hydrogens is 172 g/mol. The topological polar surface area (TPSA) is 17.8 Å². The van der Waals surface area contributed by atoms with E-state index in [1.807, 2.05) is 64.7 Å². The summed E-state index contributed by atoms with van der Waals surface area (Å²) in [5.41, 5.74) is 2.28. The van der Waals surface area contributed by atoms with Crippen LogP contribution in [-0.4, -0.2) is 9.78 Å². The average Bonchev–Trinajstić information content (AvgIpc) is 2.53. The molecule has 0 aliphatic rings. The second kappa shape index (κ2) is 10.0. The van der Waals surface area contributed by atoms with Crippen LogP contribution in [0.3, 0.4) is 0 Å². The van der Waals surface area contributed by atoms with E-state index in [-0.39, 0.29) is 0 Å². The molecule has 0 unspecified atom stereocenters. The molecule has 0 aliphatic heterocycles. The molecule has 1 aromatic heterocycles. The molecule has 0 N–H and O–H groups in total. The summed E-state index contributed by atoms with van der Waals surface area (Å²) in [6, 6.07) is 0. The Bertz CT molecular complexity index is 247. The number of aryl methyl sites for hydroxylation is 2. The Kier molecular flexibility index (Phi) is 11.1. The van der Waals surface area contributed by atoms with Crippen LogP contribution in [0.25, 0.3) is 6.08 Å². The van der Waals surface area contributed by atoms with Crippen molar-refractivity contribution in [2.75, 3.05) is 0 Å². The Balaban J connectivity index is 0. The maximum absolute atomic E-state index is 4.23. The van der Waals surface area contributed by atoms with Crippen molar-refractivity contribution >= 4 is 6.08 Å². The Hall–Kier alpha value is -1.05. The van der Waals surface area contributed by atoms with E-state index >= 15 is 0 Å². The molecule has 14 heavy (non-hydrogen) atoms. The Labute approximate surface area is 88.6 Å². The normalized spacial score (nSPS) is 8.79. The molecule has 0 aliphatic carbocycles. The van der Waals surface area contributed by atoms with Crippen molar-refractivity contribution in [3.63, 3.8) is 0 Å². The van der Waals surface area contributed by atoms with Crippen molar-refractivity contribution in [1.82, 2.24) is 9.78 Å². The quantitative estimate of drug-likeness (QED) is 0.667. The third kappa shape index (κ3) is 5.57. The van der Waals surface area contributed by atoms with Gasteiger partial charge in [-0.1, -0.05) is 33.8 Å². The summed E-state index contributed by atoms with van der Waals surface area (Å²) in [5, 5.41) is 4.23. The first-order valence-corrected chi connectivity index (χ1v) is 5.37. The molecule has 0 saturated heterocycles. The lowest BCUT2D eigenvalue weighted by molar-refractivity contribution is 0.764. The van der Waals surface area contributed by atoms with Crippen LogP contribution in [0.15, 0.2) is 12.3 Å². The van der Waals surface area contributed by atoms with Crippen molar-refractivity contribution in [1.29, 1.82) is 0 Å². The minimum Gasteiger partial charge on any atom is -0.275 e. The fourth-order valence-electron chi connectivity index (χ4n) is 0.947. The number of hydrogen-bond donors (Lipinski definition) is 0. The lowest BCUT2D eigenvalue weighted by Crippen LogP contribution is -1.86. The van der Waals surface area contributed by atoms with Crippen molar-refractivity contribution in [3.05, 3.63) is 23.5 Å². The summed E-state index contributed by atoms with van der Waals surface area (Å²) in [6.07, 6.45) is 6.01. The smallest absolute Gasteiger partial charge is 0.0876 e. The van der Waals surface area contributed by atoms with E-state index < -0.39 is 0 Å². The highest BCUT2D eigenvalue weighted by molar-refractivity contribution is 5.47. The molecular formula is C12H24N2. The molecule has 1 aromatic rings. The average molecular weight is 196 g/mol. The SMILES string of the molecule is C/C=C\c1nn(C)cc1C.CC.CC. The van der Waals surface area contributed by atoms with Crippen LogP contribution >= 0.6 is 0 Å². The van der Waals surface area contributed by atoms with Gasteiger partial charge in [0.05, 0.1) is 5.69 Å². The fraction of sp³-hybridized carbons (Fsp3) is 0.583. The molecule has 2 nitrogen and oxygen atoms in total. The Morgan fingerprint density at radius 2 is 1.71 bits per heavy atom. The summed E-state index contributed by atoms with van der Waals surface area (Å²) in [6.45, 7) is 12.1. The van der Waals surface area contributed by atoms with Gasteiger partial charge in [-0.3, -0.25) is 4.68 Å². The maximum Gasteiger partial charge on any atom is 0.0876 e. The Morgan fingerprint density at radius 1 is 1.21 bits per heavy atom. The van der Waals surface area contributed by atoms with Gasteiger partial charge in [0.2, 0.25) is 0 Å². The molecule has 0 saturated carbocycles. The summed E-state index contributed by atoms with van der Waals surface area (Å²) in [5.74, 6) is 0. The highest BCUT2D eigenvalue weighted by atomic mass is 15.2. The van der Waals surface area contributed by atoms with E-state index in [1.54, 1.807) is 0 Å². The maximum atomic E-state index is 4.23. The first-order chi connectivity index (χ1) is 6.74. The molecule has 0 amide bonds. The fourth-order valence-corrected chi connectivity index (χ4v) is 0.947. The largest absolute Gasteiger partial charge is 0.275 e. The van der Waals surface area contributed by atoms with E-state index in [0.29, 0.717) is 0 Å². The van der Waals surface area contributed by atoms with E-state index in [2.05, 4.69) is 12.0 Å². The molecule has 0 bridgehead atoms. The zero-order chi connectivity index (χ0) is 11.6. The summed E-state index contributed by atoms with van der Waals surface area (Å²) in [4.78, 5) is 0. The standard InChI is InChI=1S/C8H12N2.2C2H6/c1-4-5-8-7(2)6-10(3)9-8;2*1-2/h4-6H,1-3H3;2*1-2H3/b5-4-;;. The van der Waals surface area contributed by atoms with Crippen molar-refractivity contribution in [2.45, 2.75) is 41.5 Å². The zero-order valence-electron chi connectivity index (χ0n) is 10.6. The molecule has 1 heterocycles. The van der Waals surface area contributed by atoms with Crippen LogP contribution in [0.2, 0.25) is 0 Å². The highest BCUT2D eigenvalue weighted by Gasteiger charge is 1.96. The second-order valence-corrected chi connectivity index (χ2v) is 2.37. The van der Waals surface area contributed by atoms with Crippen molar-refractivity contribution in [3.8, 4) is 0 Å². The first-order valence-electron chi connectivity index (χ1n) is 5.37. The summed E-state index contributed by atoms with van der Waals surface area (Å²) >= 11 is 0. The number of nitrogens with zero attached hydrogens (tertiary/aromatic N) is 2. The number of aromatic nitrogens is 2. The van der Waals surface area contributed by atoms with Crippen molar-refractivity contribution < 1.29 is 0 Å². The van der Waals surface area contributed by atoms with E-state index in [9.17, 15) is 0 Å². The van der Waals surface area contributed by atoms with Gasteiger partial charge in [-0.25, -0.2) is 0 Å². The predicted molar refractivity (Wildman–Crippen MR) is 65.3 cm³/mol. The molecule has 82 valence electrons. The molecule has 0 aromatic carbocycles. The van der Waals surface area contributed by atoms with Gasteiger partial charge in [0.1, 0.15) is 0 Å². The lowest BCUT2D eigenvalue weighted by atomic mass is 10.3. The molecule has 0 fully saturated rings. The van der Waals surface area contributed by atoms with Gasteiger partial charge in [0, 0.05) is 13.2 Å². The van der Waals surface area contributed by atoms with Gasteiger partial charge in [0.15, 0.2) is 0 Å². The van der Waals surface area contributed by atoms with Gasteiger partial charge in [-0.2, -0.15) is 5.10 Å². The van der Waals surface area contributed by atoms with Gasteiger partial charge in [-0.05, 0) is 25.5 Å². The van der Waals surface area contributed by atoms with Crippen LogP contribution < -0.4 is 0 Å². The third-order valence-electron chi connectivity index (χ3n) is 1.37. The van der Waals surface area contributed by atoms with Crippen LogP contribution in [0.5, 0.6) is 0 Å². The predicted octanol–water partition coefficient (Wildman–Crippen LogP) is 3.81. The number of allylic oxidation sites excluding steroid dienone is 1. The first kappa shape index (κ1) is 15.4. The minimum absolute atomic E-state index is 1.06. The van der Waals surface area contributed by atoms with Gasteiger partial charge in [-0.15, -0.1) is 0 Å². The van der Waals surface area contributed by atoms with Gasteiger partial charge >= 0.3 is 0 Å². The second-order valence-electron chi connectivity index (χ2n) is 2.37. The lowest BCUT2D eigenvalue weighted by Gasteiger charge is -1.83. The molecule has 0 spiro atoms. The summed E-state index contributed by atoms with van der Waals surface area (Å²) < 4.78 is 1.82. The van der Waals surface area contributed by atoms with Crippen LogP contribution in [0, 0.1) is 6.92 Å². The number of rotatable bonds is 1. The number of hydrogen-bond acceptors (Lipinski definition) is 1. The van der Waals surface area contributed by atoms with Gasteiger partial charge in [0.25, 0.3) is 0 Å². The van der Waals surface area contributed by atoms with E-state index in [4.69, 9.17) is 0 Å². The van der Waals surface area contributed by atoms with Gasteiger partial charge < -0.3 is 0 Å². The summed E-state index contributed by atoms with van der Waals surface area (Å²) in [7, 11) is 1.93. The highest BCUT2D eigenvalue weighted by Crippen LogP contribution is 2.05.